The van der Waals surface area contributed by atoms with Crippen molar-refractivity contribution in [3.05, 3.63) is 98.7 Å². The van der Waals surface area contributed by atoms with Gasteiger partial charge in [-0.2, -0.15) is 0 Å². The molecule has 0 amide bonds. The quantitative estimate of drug-likeness (QED) is 0.146. The summed E-state index contributed by atoms with van der Waals surface area (Å²) >= 11 is 15.5. The molecule has 4 aromatic rings. The van der Waals surface area contributed by atoms with Gasteiger partial charge in [-0.1, -0.05) is 51.3 Å². The number of hydrogen-bond acceptors (Lipinski definition) is 16. The second-order valence-corrected chi connectivity index (χ2v) is 23.5. The number of halogens is 3. The molecule has 0 radical (unpaired) electrons. The topological polar surface area (TPSA) is 183 Å². The maximum atomic E-state index is 6.53. The number of ether oxygens (including phenoxy) is 4. The van der Waals surface area contributed by atoms with E-state index in [1.165, 1.54) is 5.06 Å². The summed E-state index contributed by atoms with van der Waals surface area (Å²) in [6.07, 6.45) is 4.98. The summed E-state index contributed by atoms with van der Waals surface area (Å²) in [6.45, 7) is 18.1. The Morgan fingerprint density at radius 2 is 1.11 bits per heavy atom. The summed E-state index contributed by atoms with van der Waals surface area (Å²) in [6, 6.07) is 23.0. The molecule has 11 rings (SSSR count). The monoisotopic (exact) mass is 1090 g/mol. The van der Waals surface area contributed by atoms with Crippen LogP contribution < -0.4 is 26.5 Å². The van der Waals surface area contributed by atoms with Crippen molar-refractivity contribution in [3.63, 3.8) is 0 Å². The fraction of sp³-hybridized carbons (Fsp3) is 0.538. The zero-order valence-electron chi connectivity index (χ0n) is 42.7. The van der Waals surface area contributed by atoms with Gasteiger partial charge in [0.25, 0.3) is 0 Å². The van der Waals surface area contributed by atoms with Crippen molar-refractivity contribution in [2.24, 2.45) is 33.3 Å². The molecule has 16 nitrogen and oxygen atoms in total. The van der Waals surface area contributed by atoms with E-state index in [0.29, 0.717) is 52.5 Å². The minimum Gasteiger partial charge on any atom is -0.489 e. The number of guanidine groups is 2. The zero-order valence-corrected chi connectivity index (χ0v) is 45.8. The molecule has 2 aromatic carbocycles. The minimum atomic E-state index is -0.923. The molecule has 7 aliphatic heterocycles. The highest BCUT2D eigenvalue weighted by molar-refractivity contribution is 9.10. The molecule has 20 heteroatoms. The van der Waals surface area contributed by atoms with E-state index in [2.05, 4.69) is 53.6 Å². The highest BCUT2D eigenvalue weighted by Crippen LogP contribution is 2.51. The Kier molecular flexibility index (Phi) is 14.5. The van der Waals surface area contributed by atoms with Crippen molar-refractivity contribution >= 4 is 63.8 Å². The summed E-state index contributed by atoms with van der Waals surface area (Å²) in [5, 5.41) is 3.97. The normalized spacial score (nSPS) is 29.4. The maximum absolute atomic E-state index is 6.53. The van der Waals surface area contributed by atoms with Gasteiger partial charge >= 0.3 is 7.12 Å². The third-order valence-electron chi connectivity index (χ3n) is 14.9. The number of nitrogens with zero attached hydrogens (tertiary/aromatic N) is 6. The summed E-state index contributed by atoms with van der Waals surface area (Å²) in [5.41, 5.74) is 13.6. The summed E-state index contributed by atoms with van der Waals surface area (Å²) in [5.74, 6) is 3.05. The van der Waals surface area contributed by atoms with E-state index >= 15 is 0 Å². The number of hydroxylamine groups is 4. The van der Waals surface area contributed by atoms with E-state index in [1.807, 2.05) is 88.4 Å². The number of aromatic nitrogens is 2. The van der Waals surface area contributed by atoms with Crippen molar-refractivity contribution in [2.75, 3.05) is 27.3 Å². The number of nitrogens with two attached hydrogens (primary N) is 2. The molecule has 6 atom stereocenters. The molecule has 0 bridgehead atoms. The third-order valence-corrected chi connectivity index (χ3v) is 15.8. The summed E-state index contributed by atoms with van der Waals surface area (Å²) in [7, 11) is 3.12. The second kappa shape index (κ2) is 19.8. The molecule has 2 spiro atoms. The molecule has 9 heterocycles. The van der Waals surface area contributed by atoms with Gasteiger partial charge < -0.3 is 39.7 Å². The van der Waals surface area contributed by atoms with Crippen molar-refractivity contribution in [2.45, 2.75) is 140 Å². The Bertz CT molecular complexity index is 2720. The average Bonchev–Trinajstić information content (AvgIpc) is 3.85. The highest BCUT2D eigenvalue weighted by atomic mass is 79.9. The molecular formula is C52H66BBrCl2N8O8. The van der Waals surface area contributed by atoms with E-state index < -0.39 is 18.6 Å². The van der Waals surface area contributed by atoms with Crippen LogP contribution in [0, 0.1) is 11.8 Å². The highest BCUT2D eigenvalue weighted by Gasteiger charge is 2.54. The van der Waals surface area contributed by atoms with E-state index in [0.717, 1.165) is 77.3 Å². The number of rotatable bonds is 4. The molecule has 6 unspecified atom stereocenters. The fourth-order valence-electron chi connectivity index (χ4n) is 10.5. The molecule has 386 valence electrons. The molecule has 0 aliphatic carbocycles. The van der Waals surface area contributed by atoms with E-state index in [-0.39, 0.29) is 34.6 Å². The molecule has 3 saturated heterocycles. The lowest BCUT2D eigenvalue weighted by atomic mass is 9.79. The summed E-state index contributed by atoms with van der Waals surface area (Å²) in [4.78, 5) is 30.5. The Balaban J connectivity index is 0.000000140. The Labute approximate surface area is 441 Å². The van der Waals surface area contributed by atoms with Gasteiger partial charge in [0.15, 0.2) is 0 Å². The van der Waals surface area contributed by atoms with Crippen LogP contribution in [0.3, 0.4) is 0 Å². The van der Waals surface area contributed by atoms with Gasteiger partial charge in [-0.25, -0.2) is 39.8 Å². The first kappa shape index (κ1) is 52.6. The van der Waals surface area contributed by atoms with Crippen LogP contribution in [0.15, 0.2) is 87.3 Å². The van der Waals surface area contributed by atoms with Crippen molar-refractivity contribution in [1.29, 1.82) is 0 Å². The van der Waals surface area contributed by atoms with Crippen LogP contribution in [0.4, 0.5) is 0 Å². The number of hydrogen-bond donors (Lipinski definition) is 2. The van der Waals surface area contributed by atoms with Gasteiger partial charge in [0.05, 0.1) is 44.8 Å². The Morgan fingerprint density at radius 1 is 0.625 bits per heavy atom. The predicted octanol–water partition coefficient (Wildman–Crippen LogP) is 9.29. The molecule has 4 N–H and O–H groups in total. The van der Waals surface area contributed by atoms with Crippen LogP contribution in [-0.2, 0) is 39.9 Å². The lowest BCUT2D eigenvalue weighted by molar-refractivity contribution is -0.199. The van der Waals surface area contributed by atoms with Crippen molar-refractivity contribution in [3.8, 4) is 22.8 Å². The summed E-state index contributed by atoms with van der Waals surface area (Å²) < 4.78 is 37.4. The van der Waals surface area contributed by atoms with Crippen LogP contribution in [0.2, 0.25) is 10.3 Å². The molecule has 7 aliphatic rings. The molecule has 3 fully saturated rings. The Hall–Kier alpha value is -4.24. The van der Waals surface area contributed by atoms with Gasteiger partial charge in [0.1, 0.15) is 34.0 Å². The van der Waals surface area contributed by atoms with Crippen LogP contribution >= 0.6 is 39.1 Å². The van der Waals surface area contributed by atoms with Crippen LogP contribution in [0.1, 0.15) is 105 Å². The smallest absolute Gasteiger partial charge is 0.489 e. The van der Waals surface area contributed by atoms with Gasteiger partial charge in [-0.15, -0.1) is 0 Å². The lowest BCUT2D eigenvalue weighted by Gasteiger charge is -2.44. The van der Waals surface area contributed by atoms with Gasteiger partial charge in [-0.3, -0.25) is 0 Å². The van der Waals surface area contributed by atoms with Crippen LogP contribution in [0.5, 0.6) is 11.5 Å². The Morgan fingerprint density at radius 3 is 1.58 bits per heavy atom. The van der Waals surface area contributed by atoms with Gasteiger partial charge in [-0.05, 0) is 142 Å². The third kappa shape index (κ3) is 10.9. The van der Waals surface area contributed by atoms with Gasteiger partial charge in [0, 0.05) is 62.0 Å². The molecule has 0 saturated carbocycles. The average molecular weight is 1090 g/mol. The van der Waals surface area contributed by atoms with E-state index in [9.17, 15) is 0 Å². The SMILES string of the molecule is CC1(C)OB(c2cccc(Cl)n2)OC1(C)C.CN1OC2(CC(C3CCOC(C)(C)C3)Oc3ccc(-c4cccc(Cl)n4)cc32)N=C1N.CN1OC2(CC(C3CCOC(C)(C)C3)Oc3ccc(Br)cc32)N=C1N. The first-order valence-corrected chi connectivity index (χ1v) is 26.1. The first-order chi connectivity index (χ1) is 33.8. The van der Waals surface area contributed by atoms with Crippen molar-refractivity contribution in [1.82, 2.24) is 20.1 Å². The molecular weight excluding hydrogens is 1030 g/mol. The van der Waals surface area contributed by atoms with Crippen molar-refractivity contribution < 1.29 is 37.9 Å². The number of aliphatic imine (C=N–C) groups is 2. The van der Waals surface area contributed by atoms with Crippen LogP contribution in [-0.4, -0.2) is 101 Å². The minimum absolute atomic E-state index is 0.0138. The second-order valence-electron chi connectivity index (χ2n) is 21.8. The maximum Gasteiger partial charge on any atom is 0.514 e. The zero-order chi connectivity index (χ0) is 51.6. The standard InChI is InChI=1S/C23H27ClN4O3.C18H24BrN3O3.C11H15BClNO2/c1-22(2)12-15(9-10-29-22)19-13-23(27-21(25)28(3)31-23)16-11-14(7-8-18(16)30-19)17-5-4-6-20(24)26-17;1-17(2)9-11(6-7-23-17)15-10-18(21-16(20)22(3)25-18)13-8-12(19)4-5-14(13)24-15;1-10(2)11(3,4)16-12(15-10)8-6-5-7-9(13)14-8/h4-8,11,15,19H,9-10,12-13H2,1-3H3,(H2,25,27);4-5,8,11,15H,6-7,9-10H2,1-3H3,(H2,20,21);5-7H,1-4H3. The predicted molar refractivity (Wildman–Crippen MR) is 282 cm³/mol. The molecule has 2 aromatic heterocycles. The van der Waals surface area contributed by atoms with Gasteiger partial charge in [0.2, 0.25) is 23.4 Å². The number of benzene rings is 2. The number of pyridine rings is 2. The lowest BCUT2D eigenvalue weighted by Crippen LogP contribution is -2.46. The largest absolute Gasteiger partial charge is 0.514 e. The fourth-order valence-corrected chi connectivity index (χ4v) is 11.2. The van der Waals surface area contributed by atoms with E-state index in [4.69, 9.17) is 82.6 Å². The molecule has 72 heavy (non-hydrogen) atoms. The van der Waals surface area contributed by atoms with E-state index in [1.54, 1.807) is 31.3 Å². The van der Waals surface area contributed by atoms with Crippen LogP contribution in [0.25, 0.3) is 11.3 Å². The first-order valence-electron chi connectivity index (χ1n) is 24.6. The number of fused-ring (bicyclic) bond motifs is 4.